The predicted molar refractivity (Wildman–Crippen MR) is 99.6 cm³/mol. The van der Waals surface area contributed by atoms with Gasteiger partial charge in [0.2, 0.25) is 0 Å². The molecule has 0 atom stereocenters. The molecule has 0 aliphatic heterocycles. The fourth-order valence-corrected chi connectivity index (χ4v) is 2.35. The van der Waals surface area contributed by atoms with Gasteiger partial charge in [0.05, 0.1) is 10.5 Å². The van der Waals surface area contributed by atoms with Crippen molar-refractivity contribution in [1.29, 1.82) is 0 Å². The molecule has 7 heteroatoms. The number of aromatic nitrogens is 1. The average Bonchev–Trinajstić information content (AvgIpc) is 2.69. The Morgan fingerprint density at radius 1 is 0.926 bits per heavy atom. The summed E-state index contributed by atoms with van der Waals surface area (Å²) in [4.78, 5) is 31.7. The number of oxime groups is 1. The van der Waals surface area contributed by atoms with Crippen LogP contribution in [0.25, 0.3) is 0 Å². The number of hydrogen-bond acceptors (Lipinski definition) is 6. The van der Waals surface area contributed by atoms with Crippen molar-refractivity contribution in [3.8, 4) is 0 Å². The molecule has 0 unspecified atom stereocenters. The number of rotatable bonds is 5. The summed E-state index contributed by atoms with van der Waals surface area (Å²) in [5.41, 5.74) is 2.97. The maximum Gasteiger partial charge on any atom is 0.365 e. The molecule has 3 aromatic rings. The summed E-state index contributed by atoms with van der Waals surface area (Å²) in [6.45, 7) is 1.92. The molecule has 2 aromatic carbocycles. The quantitative estimate of drug-likeness (QED) is 0.297. The van der Waals surface area contributed by atoms with E-state index >= 15 is 0 Å². The molecule has 0 spiro atoms. The number of non-ortho nitro benzene ring substituents is 1. The molecule has 0 fully saturated rings. The zero-order valence-corrected chi connectivity index (χ0v) is 14.4. The van der Waals surface area contributed by atoms with Crippen LogP contribution < -0.4 is 0 Å². The molecule has 7 nitrogen and oxygen atoms in total. The number of benzene rings is 2. The number of nitro groups is 1. The second-order valence-electron chi connectivity index (χ2n) is 5.72. The Labute approximate surface area is 155 Å². The SMILES string of the molecule is Cc1ccc(C(=O)O/N=C(\c2ccncc2)c2ccc([N+](=O)[O-])cc2)cc1. The Morgan fingerprint density at radius 2 is 1.48 bits per heavy atom. The van der Waals surface area contributed by atoms with Crippen molar-refractivity contribution >= 4 is 17.4 Å². The number of carbonyl (C=O) groups excluding carboxylic acids is 1. The molecule has 0 aliphatic carbocycles. The lowest BCUT2D eigenvalue weighted by atomic mass is 10.0. The lowest BCUT2D eigenvalue weighted by Crippen LogP contribution is -2.08. The third-order valence-corrected chi connectivity index (χ3v) is 3.81. The number of nitrogens with zero attached hydrogens (tertiary/aromatic N) is 3. The summed E-state index contributed by atoms with van der Waals surface area (Å²) >= 11 is 0. The van der Waals surface area contributed by atoms with Gasteiger partial charge in [-0.1, -0.05) is 22.9 Å². The highest BCUT2D eigenvalue weighted by atomic mass is 16.7. The van der Waals surface area contributed by atoms with Crippen LogP contribution in [-0.4, -0.2) is 21.6 Å². The number of carbonyl (C=O) groups is 1. The minimum atomic E-state index is -0.594. The maximum atomic E-state index is 12.2. The zero-order valence-electron chi connectivity index (χ0n) is 14.4. The van der Waals surface area contributed by atoms with E-state index in [1.54, 1.807) is 60.9 Å². The summed E-state index contributed by atoms with van der Waals surface area (Å²) in [5, 5.41) is 14.9. The molecule has 0 radical (unpaired) electrons. The van der Waals surface area contributed by atoms with E-state index in [2.05, 4.69) is 10.1 Å². The van der Waals surface area contributed by atoms with E-state index in [0.29, 0.717) is 22.4 Å². The van der Waals surface area contributed by atoms with Crippen molar-refractivity contribution in [2.24, 2.45) is 5.16 Å². The summed E-state index contributed by atoms with van der Waals surface area (Å²) in [7, 11) is 0. The van der Waals surface area contributed by atoms with Crippen LogP contribution in [0.2, 0.25) is 0 Å². The van der Waals surface area contributed by atoms with Crippen molar-refractivity contribution in [3.63, 3.8) is 0 Å². The van der Waals surface area contributed by atoms with Crippen LogP contribution in [-0.2, 0) is 4.84 Å². The van der Waals surface area contributed by atoms with E-state index in [9.17, 15) is 14.9 Å². The standard InChI is InChI=1S/C20H15N3O4/c1-14-2-4-17(5-3-14)20(24)27-22-19(16-10-12-21-13-11-16)15-6-8-18(9-7-15)23(25)26/h2-13H,1H3/b22-19-. The predicted octanol–water partition coefficient (Wildman–Crippen LogP) is 3.91. The first-order valence-corrected chi connectivity index (χ1v) is 8.06. The van der Waals surface area contributed by atoms with Crippen LogP contribution in [0.3, 0.4) is 0 Å². The van der Waals surface area contributed by atoms with E-state index < -0.39 is 10.9 Å². The minimum absolute atomic E-state index is 0.0375. The molecule has 0 saturated heterocycles. The van der Waals surface area contributed by atoms with Gasteiger partial charge in [0.1, 0.15) is 5.71 Å². The van der Waals surface area contributed by atoms with Crippen molar-refractivity contribution in [2.75, 3.05) is 0 Å². The van der Waals surface area contributed by atoms with Crippen LogP contribution in [0.15, 0.2) is 78.2 Å². The zero-order chi connectivity index (χ0) is 19.2. The van der Waals surface area contributed by atoms with Crippen LogP contribution in [0.5, 0.6) is 0 Å². The fourth-order valence-electron chi connectivity index (χ4n) is 2.35. The Morgan fingerprint density at radius 3 is 2.07 bits per heavy atom. The van der Waals surface area contributed by atoms with Gasteiger partial charge in [0.15, 0.2) is 0 Å². The molecule has 1 aromatic heterocycles. The molecule has 0 N–H and O–H groups in total. The molecule has 3 rings (SSSR count). The third-order valence-electron chi connectivity index (χ3n) is 3.81. The van der Waals surface area contributed by atoms with Gasteiger partial charge in [0.25, 0.3) is 5.69 Å². The van der Waals surface area contributed by atoms with Crippen molar-refractivity contribution < 1.29 is 14.6 Å². The molecule has 134 valence electrons. The van der Waals surface area contributed by atoms with Crippen molar-refractivity contribution in [1.82, 2.24) is 4.98 Å². The number of pyridine rings is 1. The third kappa shape index (κ3) is 4.40. The van der Waals surface area contributed by atoms with Crippen molar-refractivity contribution in [2.45, 2.75) is 6.92 Å². The monoisotopic (exact) mass is 361 g/mol. The van der Waals surface area contributed by atoms with Gasteiger partial charge in [0, 0.05) is 35.7 Å². The van der Waals surface area contributed by atoms with E-state index in [-0.39, 0.29) is 5.69 Å². The highest BCUT2D eigenvalue weighted by Crippen LogP contribution is 2.16. The average molecular weight is 361 g/mol. The minimum Gasteiger partial charge on any atom is -0.312 e. The van der Waals surface area contributed by atoms with Gasteiger partial charge in [-0.15, -0.1) is 0 Å². The molecular weight excluding hydrogens is 346 g/mol. The van der Waals surface area contributed by atoms with E-state index in [1.807, 2.05) is 6.92 Å². The van der Waals surface area contributed by atoms with Crippen LogP contribution in [0.1, 0.15) is 27.0 Å². The first kappa shape index (κ1) is 17.9. The highest BCUT2D eigenvalue weighted by molar-refractivity contribution is 6.12. The molecule has 0 saturated carbocycles. The number of hydrogen-bond donors (Lipinski definition) is 0. The molecule has 0 aliphatic rings. The van der Waals surface area contributed by atoms with Gasteiger partial charge in [-0.2, -0.15) is 0 Å². The molecule has 27 heavy (non-hydrogen) atoms. The Kier molecular flexibility index (Phi) is 5.32. The van der Waals surface area contributed by atoms with Crippen molar-refractivity contribution in [3.05, 3.63) is 105 Å². The first-order chi connectivity index (χ1) is 13.0. The molecule has 1 heterocycles. The summed E-state index contributed by atoms with van der Waals surface area (Å²) < 4.78 is 0. The molecular formula is C20H15N3O4. The van der Waals surface area contributed by atoms with Crippen LogP contribution in [0.4, 0.5) is 5.69 Å². The number of aryl methyl sites for hydroxylation is 1. The summed E-state index contributed by atoms with van der Waals surface area (Å²) in [6.07, 6.45) is 3.16. The van der Waals surface area contributed by atoms with Crippen LogP contribution >= 0.6 is 0 Å². The Bertz CT molecular complexity index is 982. The molecule has 0 amide bonds. The Hall–Kier alpha value is -3.87. The second kappa shape index (κ2) is 8.01. The van der Waals surface area contributed by atoms with E-state index in [1.165, 1.54) is 12.1 Å². The van der Waals surface area contributed by atoms with E-state index in [4.69, 9.17) is 4.84 Å². The summed E-state index contributed by atoms with van der Waals surface area (Å²) in [5.74, 6) is -0.594. The fraction of sp³-hybridized carbons (Fsp3) is 0.0500. The normalized spacial score (nSPS) is 11.1. The lowest BCUT2D eigenvalue weighted by molar-refractivity contribution is -0.384. The van der Waals surface area contributed by atoms with Gasteiger partial charge in [-0.3, -0.25) is 15.1 Å². The largest absolute Gasteiger partial charge is 0.365 e. The maximum absolute atomic E-state index is 12.2. The van der Waals surface area contributed by atoms with E-state index in [0.717, 1.165) is 5.56 Å². The highest BCUT2D eigenvalue weighted by Gasteiger charge is 2.13. The van der Waals surface area contributed by atoms with Gasteiger partial charge < -0.3 is 4.84 Å². The second-order valence-corrected chi connectivity index (χ2v) is 5.72. The van der Waals surface area contributed by atoms with Crippen LogP contribution in [0, 0.1) is 17.0 Å². The topological polar surface area (TPSA) is 94.7 Å². The lowest BCUT2D eigenvalue weighted by Gasteiger charge is -2.07. The van der Waals surface area contributed by atoms with Gasteiger partial charge in [-0.05, 0) is 43.3 Å². The van der Waals surface area contributed by atoms with Gasteiger partial charge >= 0.3 is 5.97 Å². The summed E-state index contributed by atoms with van der Waals surface area (Å²) in [6, 6.07) is 16.2. The smallest absolute Gasteiger partial charge is 0.312 e. The first-order valence-electron chi connectivity index (χ1n) is 8.06. The molecule has 0 bridgehead atoms. The number of nitro benzene ring substituents is 1. The Balaban J connectivity index is 1.92. The van der Waals surface area contributed by atoms with Gasteiger partial charge in [-0.25, -0.2) is 4.79 Å².